The maximum absolute atomic E-state index is 12.5. The van der Waals surface area contributed by atoms with Crippen molar-refractivity contribution in [2.24, 2.45) is 0 Å². The van der Waals surface area contributed by atoms with E-state index in [0.29, 0.717) is 28.3 Å². The SMILES string of the molecule is COc1cccc(OC)c1C(=O)Nc1ccc(C(C)=O)cc1. The largest absolute Gasteiger partial charge is 0.496 e. The van der Waals surface area contributed by atoms with Crippen LogP contribution in [0.1, 0.15) is 27.6 Å². The van der Waals surface area contributed by atoms with Gasteiger partial charge in [-0.25, -0.2) is 0 Å². The fraction of sp³-hybridized carbons (Fsp3) is 0.176. The summed E-state index contributed by atoms with van der Waals surface area (Å²) in [5.41, 5.74) is 1.50. The number of anilines is 1. The number of amides is 1. The van der Waals surface area contributed by atoms with Gasteiger partial charge in [-0.05, 0) is 43.3 Å². The van der Waals surface area contributed by atoms with E-state index in [1.807, 2.05) is 0 Å². The van der Waals surface area contributed by atoms with Gasteiger partial charge in [-0.1, -0.05) is 6.07 Å². The summed E-state index contributed by atoms with van der Waals surface area (Å²) in [5.74, 6) is 0.489. The highest BCUT2D eigenvalue weighted by molar-refractivity contribution is 6.08. The molecule has 114 valence electrons. The molecule has 0 aliphatic rings. The molecule has 0 fully saturated rings. The lowest BCUT2D eigenvalue weighted by Crippen LogP contribution is -2.14. The van der Waals surface area contributed by atoms with Crippen molar-refractivity contribution < 1.29 is 19.1 Å². The van der Waals surface area contributed by atoms with Crippen LogP contribution in [0.3, 0.4) is 0 Å². The van der Waals surface area contributed by atoms with Crippen molar-refractivity contribution in [3.8, 4) is 11.5 Å². The van der Waals surface area contributed by atoms with Gasteiger partial charge in [0, 0.05) is 11.3 Å². The van der Waals surface area contributed by atoms with Crippen LogP contribution in [0, 0.1) is 0 Å². The van der Waals surface area contributed by atoms with E-state index in [1.54, 1.807) is 42.5 Å². The normalized spacial score (nSPS) is 9.95. The Morgan fingerprint density at radius 3 is 1.91 bits per heavy atom. The molecule has 5 nitrogen and oxygen atoms in total. The molecule has 0 aliphatic heterocycles. The first-order valence-electron chi connectivity index (χ1n) is 6.70. The molecule has 0 unspecified atom stereocenters. The van der Waals surface area contributed by atoms with E-state index in [9.17, 15) is 9.59 Å². The average molecular weight is 299 g/mol. The standard InChI is InChI=1S/C17H17NO4/c1-11(19)12-7-9-13(10-8-12)18-17(20)16-14(21-2)5-4-6-15(16)22-3/h4-10H,1-3H3,(H,18,20). The van der Waals surface area contributed by atoms with Crippen LogP contribution in [0.15, 0.2) is 42.5 Å². The van der Waals surface area contributed by atoms with Gasteiger partial charge in [-0.15, -0.1) is 0 Å². The predicted molar refractivity (Wildman–Crippen MR) is 83.9 cm³/mol. The molecule has 0 saturated carbocycles. The van der Waals surface area contributed by atoms with Gasteiger partial charge in [-0.2, -0.15) is 0 Å². The van der Waals surface area contributed by atoms with Gasteiger partial charge in [0.2, 0.25) is 0 Å². The molecule has 0 aliphatic carbocycles. The lowest BCUT2D eigenvalue weighted by Gasteiger charge is -2.13. The Labute approximate surface area is 128 Å². The van der Waals surface area contributed by atoms with E-state index in [2.05, 4.69) is 5.32 Å². The second kappa shape index (κ2) is 6.76. The summed E-state index contributed by atoms with van der Waals surface area (Å²) in [6, 6.07) is 11.8. The van der Waals surface area contributed by atoms with E-state index in [4.69, 9.17) is 9.47 Å². The summed E-state index contributed by atoms with van der Waals surface area (Å²) >= 11 is 0. The summed E-state index contributed by atoms with van der Waals surface area (Å²) < 4.78 is 10.4. The number of hydrogen-bond acceptors (Lipinski definition) is 4. The topological polar surface area (TPSA) is 64.6 Å². The predicted octanol–water partition coefficient (Wildman–Crippen LogP) is 3.16. The number of ether oxygens (including phenoxy) is 2. The van der Waals surface area contributed by atoms with Crippen LogP contribution in [-0.2, 0) is 0 Å². The lowest BCUT2D eigenvalue weighted by molar-refractivity contribution is 0.101. The Bertz CT molecular complexity index is 670. The van der Waals surface area contributed by atoms with Crippen molar-refractivity contribution in [2.45, 2.75) is 6.92 Å². The van der Waals surface area contributed by atoms with Crippen LogP contribution >= 0.6 is 0 Å². The summed E-state index contributed by atoms with van der Waals surface area (Å²) in [6.45, 7) is 1.49. The molecule has 1 N–H and O–H groups in total. The maximum atomic E-state index is 12.5. The number of rotatable bonds is 5. The second-order valence-electron chi connectivity index (χ2n) is 4.63. The molecule has 1 amide bonds. The molecule has 0 heterocycles. The fourth-order valence-electron chi connectivity index (χ4n) is 2.06. The molecular formula is C17H17NO4. The van der Waals surface area contributed by atoms with Crippen LogP contribution in [0.2, 0.25) is 0 Å². The van der Waals surface area contributed by atoms with E-state index in [0.717, 1.165) is 0 Å². The van der Waals surface area contributed by atoms with Gasteiger partial charge in [0.05, 0.1) is 14.2 Å². The van der Waals surface area contributed by atoms with Crippen LogP contribution in [0.5, 0.6) is 11.5 Å². The number of ketones is 1. The zero-order chi connectivity index (χ0) is 16.1. The first kappa shape index (κ1) is 15.6. The number of Topliss-reactive ketones (excluding diaryl/α,β-unsaturated/α-hetero) is 1. The fourth-order valence-corrected chi connectivity index (χ4v) is 2.06. The zero-order valence-corrected chi connectivity index (χ0v) is 12.7. The zero-order valence-electron chi connectivity index (χ0n) is 12.7. The van der Waals surface area contributed by atoms with Gasteiger partial charge in [0.15, 0.2) is 5.78 Å². The van der Waals surface area contributed by atoms with E-state index >= 15 is 0 Å². The number of benzene rings is 2. The quantitative estimate of drug-likeness (QED) is 0.861. The molecule has 2 rings (SSSR count). The summed E-state index contributed by atoms with van der Waals surface area (Å²) in [5, 5.41) is 2.76. The van der Waals surface area contributed by atoms with Crippen LogP contribution in [0.4, 0.5) is 5.69 Å². The van der Waals surface area contributed by atoms with Crippen molar-refractivity contribution in [2.75, 3.05) is 19.5 Å². The molecule has 5 heteroatoms. The van der Waals surface area contributed by atoms with Crippen molar-refractivity contribution in [3.05, 3.63) is 53.6 Å². The number of methoxy groups -OCH3 is 2. The maximum Gasteiger partial charge on any atom is 0.263 e. The minimum absolute atomic E-state index is 0.0238. The lowest BCUT2D eigenvalue weighted by atomic mass is 10.1. The molecule has 0 spiro atoms. The Balaban J connectivity index is 2.27. The third-order valence-corrected chi connectivity index (χ3v) is 3.20. The Morgan fingerprint density at radius 2 is 1.45 bits per heavy atom. The van der Waals surface area contributed by atoms with Gasteiger partial charge < -0.3 is 14.8 Å². The molecular weight excluding hydrogens is 282 g/mol. The monoisotopic (exact) mass is 299 g/mol. The molecule has 22 heavy (non-hydrogen) atoms. The number of carbonyl (C=O) groups is 2. The van der Waals surface area contributed by atoms with Crippen LogP contribution in [-0.4, -0.2) is 25.9 Å². The van der Waals surface area contributed by atoms with Gasteiger partial charge >= 0.3 is 0 Å². The highest BCUT2D eigenvalue weighted by Crippen LogP contribution is 2.29. The molecule has 0 atom stereocenters. The molecule has 0 saturated heterocycles. The highest BCUT2D eigenvalue weighted by atomic mass is 16.5. The first-order chi connectivity index (χ1) is 10.6. The molecule has 0 radical (unpaired) electrons. The van der Waals surface area contributed by atoms with Gasteiger partial charge in [0.1, 0.15) is 17.1 Å². The first-order valence-corrected chi connectivity index (χ1v) is 6.70. The third kappa shape index (κ3) is 3.25. The van der Waals surface area contributed by atoms with E-state index in [1.165, 1.54) is 21.1 Å². The Morgan fingerprint density at radius 1 is 0.909 bits per heavy atom. The van der Waals surface area contributed by atoms with Crippen LogP contribution in [0.25, 0.3) is 0 Å². The molecule has 2 aromatic rings. The van der Waals surface area contributed by atoms with Gasteiger partial charge in [-0.3, -0.25) is 9.59 Å². The molecule has 0 aromatic heterocycles. The Kier molecular flexibility index (Phi) is 4.78. The number of nitrogens with one attached hydrogen (secondary N) is 1. The van der Waals surface area contributed by atoms with Crippen LogP contribution < -0.4 is 14.8 Å². The third-order valence-electron chi connectivity index (χ3n) is 3.20. The highest BCUT2D eigenvalue weighted by Gasteiger charge is 2.18. The van der Waals surface area contributed by atoms with Crippen molar-refractivity contribution in [1.29, 1.82) is 0 Å². The number of hydrogen-bond donors (Lipinski definition) is 1. The van der Waals surface area contributed by atoms with E-state index in [-0.39, 0.29) is 11.7 Å². The average Bonchev–Trinajstić information content (AvgIpc) is 2.54. The molecule has 2 aromatic carbocycles. The second-order valence-corrected chi connectivity index (χ2v) is 4.63. The van der Waals surface area contributed by atoms with Gasteiger partial charge in [0.25, 0.3) is 5.91 Å². The summed E-state index contributed by atoms with van der Waals surface area (Å²) in [4.78, 5) is 23.7. The summed E-state index contributed by atoms with van der Waals surface area (Å²) in [7, 11) is 2.99. The summed E-state index contributed by atoms with van der Waals surface area (Å²) in [6.07, 6.45) is 0. The number of carbonyl (C=O) groups excluding carboxylic acids is 2. The smallest absolute Gasteiger partial charge is 0.263 e. The van der Waals surface area contributed by atoms with Crippen molar-refractivity contribution in [3.63, 3.8) is 0 Å². The Hall–Kier alpha value is -2.82. The minimum Gasteiger partial charge on any atom is -0.496 e. The minimum atomic E-state index is -0.343. The van der Waals surface area contributed by atoms with E-state index < -0.39 is 0 Å². The van der Waals surface area contributed by atoms with Crippen molar-refractivity contribution in [1.82, 2.24) is 0 Å². The molecule has 0 bridgehead atoms. The van der Waals surface area contributed by atoms with Crippen molar-refractivity contribution >= 4 is 17.4 Å².